The van der Waals surface area contributed by atoms with E-state index in [0.29, 0.717) is 6.04 Å². The Hall–Kier alpha value is -0.380. The van der Waals surface area contributed by atoms with Crippen LogP contribution in [0.5, 0.6) is 0 Å². The lowest BCUT2D eigenvalue weighted by atomic mass is 10.1. The summed E-state index contributed by atoms with van der Waals surface area (Å²) < 4.78 is 1.17. The van der Waals surface area contributed by atoms with E-state index >= 15 is 0 Å². The van der Waals surface area contributed by atoms with Crippen LogP contribution in [0.1, 0.15) is 24.5 Å². The van der Waals surface area contributed by atoms with E-state index in [0.717, 1.165) is 19.5 Å². The fraction of sp³-hybridized carbons (Fsp3) is 0.500. The fourth-order valence-electron chi connectivity index (χ4n) is 1.48. The molecule has 1 unspecified atom stereocenters. The minimum atomic E-state index is 0.480. The van der Waals surface area contributed by atoms with Gasteiger partial charge in [0.05, 0.1) is 0 Å². The summed E-state index contributed by atoms with van der Waals surface area (Å²) in [5, 5.41) is 3.47. The van der Waals surface area contributed by atoms with E-state index in [1.54, 1.807) is 0 Å². The maximum absolute atomic E-state index is 5.50. The average Bonchev–Trinajstić information content (AvgIpc) is 2.21. The van der Waals surface area contributed by atoms with Gasteiger partial charge in [-0.25, -0.2) is 0 Å². The average molecular weight is 271 g/mol. The Balaban J connectivity index is 2.54. The first kappa shape index (κ1) is 12.7. The molecule has 1 aromatic rings. The predicted octanol–water partition coefficient (Wildman–Crippen LogP) is 2.58. The maximum Gasteiger partial charge on any atom is 0.0211 e. The summed E-state index contributed by atoms with van der Waals surface area (Å²) in [5.74, 6) is 0. The molecule has 1 aromatic carbocycles. The first-order valence-electron chi connectivity index (χ1n) is 5.32. The van der Waals surface area contributed by atoms with E-state index in [-0.39, 0.29) is 0 Å². The Morgan fingerprint density at radius 3 is 2.87 bits per heavy atom. The quantitative estimate of drug-likeness (QED) is 0.863. The monoisotopic (exact) mass is 270 g/mol. The normalized spacial score (nSPS) is 12.8. The fourth-order valence-corrected chi connectivity index (χ4v) is 1.89. The van der Waals surface area contributed by atoms with Crippen molar-refractivity contribution in [3.8, 4) is 0 Å². The van der Waals surface area contributed by atoms with E-state index in [9.17, 15) is 0 Å². The SMILES string of the molecule is Cc1c(Br)cccc1CNC(C)CCN. The van der Waals surface area contributed by atoms with Gasteiger partial charge < -0.3 is 11.1 Å². The molecule has 0 aliphatic heterocycles. The summed E-state index contributed by atoms with van der Waals surface area (Å²) in [7, 11) is 0. The summed E-state index contributed by atoms with van der Waals surface area (Å²) in [6.07, 6.45) is 1.02. The molecule has 0 heterocycles. The van der Waals surface area contributed by atoms with Crippen molar-refractivity contribution in [2.45, 2.75) is 32.9 Å². The highest BCUT2D eigenvalue weighted by Gasteiger charge is 2.03. The van der Waals surface area contributed by atoms with Crippen LogP contribution in [0.3, 0.4) is 0 Å². The number of rotatable bonds is 5. The van der Waals surface area contributed by atoms with Crippen LogP contribution in [-0.4, -0.2) is 12.6 Å². The lowest BCUT2D eigenvalue weighted by Crippen LogP contribution is -2.28. The van der Waals surface area contributed by atoms with Gasteiger partial charge in [-0.15, -0.1) is 0 Å². The number of nitrogens with one attached hydrogen (secondary N) is 1. The molecule has 15 heavy (non-hydrogen) atoms. The van der Waals surface area contributed by atoms with Crippen LogP contribution in [0.4, 0.5) is 0 Å². The van der Waals surface area contributed by atoms with E-state index in [2.05, 4.69) is 53.3 Å². The molecule has 0 radical (unpaired) electrons. The highest BCUT2D eigenvalue weighted by Crippen LogP contribution is 2.19. The van der Waals surface area contributed by atoms with Crippen molar-refractivity contribution >= 4 is 15.9 Å². The Bertz CT molecular complexity index is 312. The largest absolute Gasteiger partial charge is 0.330 e. The van der Waals surface area contributed by atoms with Crippen LogP contribution >= 0.6 is 15.9 Å². The van der Waals surface area contributed by atoms with Crippen molar-refractivity contribution in [2.75, 3.05) is 6.54 Å². The van der Waals surface area contributed by atoms with Crippen molar-refractivity contribution in [3.63, 3.8) is 0 Å². The molecule has 0 spiro atoms. The molecule has 0 aliphatic rings. The van der Waals surface area contributed by atoms with Crippen LogP contribution in [0.25, 0.3) is 0 Å². The lowest BCUT2D eigenvalue weighted by Gasteiger charge is -2.14. The molecule has 1 atom stereocenters. The molecule has 0 aromatic heterocycles. The third-order valence-electron chi connectivity index (χ3n) is 2.62. The minimum Gasteiger partial charge on any atom is -0.330 e. The molecule has 84 valence electrons. The van der Waals surface area contributed by atoms with E-state index in [1.165, 1.54) is 15.6 Å². The van der Waals surface area contributed by atoms with Crippen molar-refractivity contribution in [2.24, 2.45) is 5.73 Å². The van der Waals surface area contributed by atoms with Crippen molar-refractivity contribution < 1.29 is 0 Å². The molecule has 2 nitrogen and oxygen atoms in total. The van der Waals surface area contributed by atoms with Crippen molar-refractivity contribution in [3.05, 3.63) is 33.8 Å². The van der Waals surface area contributed by atoms with Crippen LogP contribution < -0.4 is 11.1 Å². The second-order valence-electron chi connectivity index (χ2n) is 3.88. The standard InChI is InChI=1S/C12H19BrN2/c1-9(6-7-14)15-8-11-4-3-5-12(13)10(11)2/h3-5,9,15H,6-8,14H2,1-2H3. The summed E-state index contributed by atoms with van der Waals surface area (Å²) in [6, 6.07) is 6.78. The minimum absolute atomic E-state index is 0.480. The number of hydrogen-bond donors (Lipinski definition) is 2. The zero-order valence-electron chi connectivity index (χ0n) is 9.39. The summed E-state index contributed by atoms with van der Waals surface area (Å²) in [4.78, 5) is 0. The van der Waals surface area contributed by atoms with Gasteiger partial charge in [-0.2, -0.15) is 0 Å². The molecule has 1 rings (SSSR count). The molecular formula is C12H19BrN2. The van der Waals surface area contributed by atoms with Gasteiger partial charge in [-0.1, -0.05) is 28.1 Å². The zero-order chi connectivity index (χ0) is 11.3. The second-order valence-corrected chi connectivity index (χ2v) is 4.74. The van der Waals surface area contributed by atoms with Gasteiger partial charge >= 0.3 is 0 Å². The summed E-state index contributed by atoms with van der Waals surface area (Å²) >= 11 is 3.54. The first-order valence-corrected chi connectivity index (χ1v) is 6.12. The van der Waals surface area contributed by atoms with E-state index < -0.39 is 0 Å². The summed E-state index contributed by atoms with van der Waals surface area (Å²) in [6.45, 7) is 5.95. The van der Waals surface area contributed by atoms with Gasteiger partial charge in [-0.3, -0.25) is 0 Å². The smallest absolute Gasteiger partial charge is 0.0211 e. The third-order valence-corrected chi connectivity index (χ3v) is 3.48. The lowest BCUT2D eigenvalue weighted by molar-refractivity contribution is 0.519. The van der Waals surface area contributed by atoms with Crippen LogP contribution in [0.15, 0.2) is 22.7 Å². The molecule has 0 saturated heterocycles. The van der Waals surface area contributed by atoms with Crippen molar-refractivity contribution in [1.29, 1.82) is 0 Å². The summed E-state index contributed by atoms with van der Waals surface area (Å²) in [5.41, 5.74) is 8.16. The molecule has 0 bridgehead atoms. The van der Waals surface area contributed by atoms with Crippen LogP contribution in [-0.2, 0) is 6.54 Å². The first-order chi connectivity index (χ1) is 7.15. The number of hydrogen-bond acceptors (Lipinski definition) is 2. The highest BCUT2D eigenvalue weighted by atomic mass is 79.9. The molecule has 0 saturated carbocycles. The third kappa shape index (κ3) is 3.93. The van der Waals surface area contributed by atoms with Gasteiger partial charge in [0.2, 0.25) is 0 Å². The predicted molar refractivity (Wildman–Crippen MR) is 68.9 cm³/mol. The molecule has 0 amide bonds. The van der Waals surface area contributed by atoms with Crippen LogP contribution in [0, 0.1) is 6.92 Å². The van der Waals surface area contributed by atoms with Crippen LogP contribution in [0.2, 0.25) is 0 Å². The van der Waals surface area contributed by atoms with Gasteiger partial charge in [0, 0.05) is 17.1 Å². The Labute approximate surface area is 100 Å². The van der Waals surface area contributed by atoms with E-state index in [1.807, 2.05) is 0 Å². The highest BCUT2D eigenvalue weighted by molar-refractivity contribution is 9.10. The Morgan fingerprint density at radius 2 is 2.20 bits per heavy atom. The van der Waals surface area contributed by atoms with Gasteiger partial charge in [0.15, 0.2) is 0 Å². The molecule has 0 aliphatic carbocycles. The topological polar surface area (TPSA) is 38.0 Å². The molecule has 0 fully saturated rings. The molecular weight excluding hydrogens is 252 g/mol. The number of halogens is 1. The van der Waals surface area contributed by atoms with Gasteiger partial charge in [0.1, 0.15) is 0 Å². The van der Waals surface area contributed by atoms with Gasteiger partial charge in [0.25, 0.3) is 0 Å². The Kier molecular flexibility index (Phi) is 5.29. The van der Waals surface area contributed by atoms with E-state index in [4.69, 9.17) is 5.73 Å². The Morgan fingerprint density at radius 1 is 1.47 bits per heavy atom. The van der Waals surface area contributed by atoms with Gasteiger partial charge in [-0.05, 0) is 44.0 Å². The number of benzene rings is 1. The second kappa shape index (κ2) is 6.26. The maximum atomic E-state index is 5.50. The van der Waals surface area contributed by atoms with Crippen molar-refractivity contribution in [1.82, 2.24) is 5.32 Å². The molecule has 3 N–H and O–H groups in total. The molecule has 3 heteroatoms. The zero-order valence-corrected chi connectivity index (χ0v) is 11.0. The number of nitrogens with two attached hydrogens (primary N) is 1.